The van der Waals surface area contributed by atoms with Crippen LogP contribution in [0.15, 0.2) is 29.2 Å². The maximum absolute atomic E-state index is 12.6. The van der Waals surface area contributed by atoms with Crippen LogP contribution in [0.4, 0.5) is 0 Å². The van der Waals surface area contributed by atoms with Crippen molar-refractivity contribution in [2.24, 2.45) is 0 Å². The van der Waals surface area contributed by atoms with E-state index in [1.807, 2.05) is 0 Å². The predicted octanol–water partition coefficient (Wildman–Crippen LogP) is 1.81. The molecular formula is C15H21NO4S. The molecule has 1 heterocycles. The zero-order chi connectivity index (χ0) is 15.7. The molecule has 0 aromatic heterocycles. The monoisotopic (exact) mass is 311 g/mol. The van der Waals surface area contributed by atoms with E-state index in [0.29, 0.717) is 37.9 Å². The quantitative estimate of drug-likeness (QED) is 0.861. The minimum Gasteiger partial charge on any atom is -0.390 e. The van der Waals surface area contributed by atoms with E-state index in [2.05, 4.69) is 0 Å². The fourth-order valence-corrected chi connectivity index (χ4v) is 3.88. The molecule has 0 saturated carbocycles. The summed E-state index contributed by atoms with van der Waals surface area (Å²) in [5.41, 5.74) is -0.381. The highest BCUT2D eigenvalue weighted by atomic mass is 32.2. The summed E-state index contributed by atoms with van der Waals surface area (Å²) in [4.78, 5) is 11.9. The Morgan fingerprint density at radius 3 is 2.52 bits per heavy atom. The number of carbonyl (C=O) groups excluding carboxylic acids is 1. The van der Waals surface area contributed by atoms with E-state index >= 15 is 0 Å². The van der Waals surface area contributed by atoms with Gasteiger partial charge in [0, 0.05) is 25.1 Å². The summed E-state index contributed by atoms with van der Waals surface area (Å²) >= 11 is 0. The number of hydrogen-bond acceptors (Lipinski definition) is 4. The average Bonchev–Trinajstić information content (AvgIpc) is 2.46. The third kappa shape index (κ3) is 3.51. The normalized spacial score (nSPS) is 19.4. The molecule has 0 radical (unpaired) electrons. The van der Waals surface area contributed by atoms with Gasteiger partial charge in [0.1, 0.15) is 0 Å². The first-order valence-electron chi connectivity index (χ1n) is 7.12. The number of nitrogens with zero attached hydrogens (tertiary/aromatic N) is 1. The number of aliphatic hydroxyl groups is 1. The zero-order valence-electron chi connectivity index (χ0n) is 12.4. The van der Waals surface area contributed by atoms with E-state index in [4.69, 9.17) is 0 Å². The van der Waals surface area contributed by atoms with Crippen molar-refractivity contribution >= 4 is 15.8 Å². The van der Waals surface area contributed by atoms with E-state index in [1.54, 1.807) is 26.0 Å². The Morgan fingerprint density at radius 2 is 1.95 bits per heavy atom. The molecule has 1 saturated heterocycles. The van der Waals surface area contributed by atoms with Gasteiger partial charge in [-0.25, -0.2) is 8.42 Å². The molecule has 21 heavy (non-hydrogen) atoms. The first kappa shape index (κ1) is 16.1. The fraction of sp³-hybridized carbons (Fsp3) is 0.533. The first-order valence-corrected chi connectivity index (χ1v) is 8.56. The standard InChI is InChI=1S/C15H21NO4S/c1-3-14(17)12-5-4-6-13(11-12)21(19,20)16-9-7-15(2,18)8-10-16/h4-6,11,18H,3,7-10H2,1-2H3. The molecular weight excluding hydrogens is 290 g/mol. The van der Waals surface area contributed by atoms with Gasteiger partial charge in [-0.05, 0) is 31.9 Å². The van der Waals surface area contributed by atoms with Gasteiger partial charge in [0.25, 0.3) is 0 Å². The lowest BCUT2D eigenvalue weighted by atomic mass is 9.95. The maximum Gasteiger partial charge on any atom is 0.243 e. The van der Waals surface area contributed by atoms with Gasteiger partial charge in [-0.1, -0.05) is 19.1 Å². The van der Waals surface area contributed by atoms with Gasteiger partial charge in [-0.2, -0.15) is 4.31 Å². The van der Waals surface area contributed by atoms with Crippen molar-refractivity contribution in [2.45, 2.75) is 43.6 Å². The maximum atomic E-state index is 12.6. The number of Topliss-reactive ketones (excluding diaryl/α,β-unsaturated/α-hetero) is 1. The van der Waals surface area contributed by atoms with Crippen molar-refractivity contribution in [1.29, 1.82) is 0 Å². The van der Waals surface area contributed by atoms with Gasteiger partial charge >= 0.3 is 0 Å². The van der Waals surface area contributed by atoms with Crippen LogP contribution in [0.5, 0.6) is 0 Å². The van der Waals surface area contributed by atoms with Crippen LogP contribution in [-0.2, 0) is 10.0 Å². The van der Waals surface area contributed by atoms with Gasteiger partial charge in [-0.15, -0.1) is 0 Å². The molecule has 0 unspecified atom stereocenters. The third-order valence-electron chi connectivity index (χ3n) is 3.91. The van der Waals surface area contributed by atoms with Crippen LogP contribution in [-0.4, -0.2) is 42.3 Å². The number of ketones is 1. The lowest BCUT2D eigenvalue weighted by Crippen LogP contribution is -2.45. The molecule has 0 spiro atoms. The first-order chi connectivity index (χ1) is 9.76. The molecule has 0 aliphatic carbocycles. The summed E-state index contributed by atoms with van der Waals surface area (Å²) in [6.07, 6.45) is 1.18. The number of hydrogen-bond donors (Lipinski definition) is 1. The summed E-state index contributed by atoms with van der Waals surface area (Å²) in [7, 11) is -3.61. The Hall–Kier alpha value is -1.24. The molecule has 6 heteroatoms. The number of benzene rings is 1. The fourth-order valence-electron chi connectivity index (χ4n) is 2.39. The minimum absolute atomic E-state index is 0.0753. The molecule has 2 rings (SSSR count). The van der Waals surface area contributed by atoms with Gasteiger partial charge in [-0.3, -0.25) is 4.79 Å². The van der Waals surface area contributed by atoms with Crippen LogP contribution in [0.25, 0.3) is 0 Å². The highest BCUT2D eigenvalue weighted by Crippen LogP contribution is 2.26. The molecule has 1 N–H and O–H groups in total. The van der Waals surface area contributed by atoms with Crippen molar-refractivity contribution in [1.82, 2.24) is 4.31 Å². The second-order valence-corrected chi connectivity index (χ2v) is 7.64. The molecule has 116 valence electrons. The Balaban J connectivity index is 2.26. The van der Waals surface area contributed by atoms with E-state index in [0.717, 1.165) is 0 Å². The van der Waals surface area contributed by atoms with Crippen molar-refractivity contribution in [3.05, 3.63) is 29.8 Å². The highest BCUT2D eigenvalue weighted by Gasteiger charge is 2.34. The van der Waals surface area contributed by atoms with Crippen molar-refractivity contribution < 1.29 is 18.3 Å². The smallest absolute Gasteiger partial charge is 0.243 e. The number of rotatable bonds is 4. The van der Waals surface area contributed by atoms with Gasteiger partial charge in [0.05, 0.1) is 10.5 Å². The van der Waals surface area contributed by atoms with Crippen LogP contribution in [0.2, 0.25) is 0 Å². The summed E-state index contributed by atoms with van der Waals surface area (Å²) in [5.74, 6) is -0.0753. The SMILES string of the molecule is CCC(=O)c1cccc(S(=O)(=O)N2CCC(C)(O)CC2)c1. The molecule has 1 aromatic rings. The lowest BCUT2D eigenvalue weighted by molar-refractivity contribution is 0.0126. The van der Waals surface area contributed by atoms with Crippen molar-refractivity contribution in [3.8, 4) is 0 Å². The number of carbonyl (C=O) groups is 1. The summed E-state index contributed by atoms with van der Waals surface area (Å²) in [5, 5.41) is 9.91. The van der Waals surface area contributed by atoms with Crippen molar-refractivity contribution in [3.63, 3.8) is 0 Å². The lowest BCUT2D eigenvalue weighted by Gasteiger charge is -2.35. The third-order valence-corrected chi connectivity index (χ3v) is 5.81. The van der Waals surface area contributed by atoms with Crippen LogP contribution in [0, 0.1) is 0 Å². The molecule has 0 atom stereocenters. The van der Waals surface area contributed by atoms with Gasteiger partial charge in [0.2, 0.25) is 10.0 Å². The highest BCUT2D eigenvalue weighted by molar-refractivity contribution is 7.89. The van der Waals surface area contributed by atoms with E-state index < -0.39 is 15.6 Å². The summed E-state index contributed by atoms with van der Waals surface area (Å²) in [6.45, 7) is 4.05. The molecule has 5 nitrogen and oxygen atoms in total. The number of sulfonamides is 1. The van der Waals surface area contributed by atoms with Crippen LogP contribution in [0.3, 0.4) is 0 Å². The average molecular weight is 311 g/mol. The Kier molecular flexibility index (Phi) is 4.51. The molecule has 0 bridgehead atoms. The Bertz CT molecular complexity index is 627. The molecule has 1 aliphatic heterocycles. The second-order valence-electron chi connectivity index (χ2n) is 5.71. The molecule has 0 amide bonds. The largest absolute Gasteiger partial charge is 0.390 e. The van der Waals surface area contributed by atoms with E-state index in [-0.39, 0.29) is 10.7 Å². The molecule has 1 aliphatic rings. The number of piperidine rings is 1. The van der Waals surface area contributed by atoms with Crippen LogP contribution in [0.1, 0.15) is 43.5 Å². The van der Waals surface area contributed by atoms with Crippen LogP contribution < -0.4 is 0 Å². The van der Waals surface area contributed by atoms with Gasteiger partial charge < -0.3 is 5.11 Å². The summed E-state index contributed by atoms with van der Waals surface area (Å²) in [6, 6.07) is 6.17. The Labute approximate surface area is 125 Å². The Morgan fingerprint density at radius 1 is 1.33 bits per heavy atom. The van der Waals surface area contributed by atoms with Crippen LogP contribution >= 0.6 is 0 Å². The van der Waals surface area contributed by atoms with Gasteiger partial charge in [0.15, 0.2) is 5.78 Å². The van der Waals surface area contributed by atoms with Crippen molar-refractivity contribution in [2.75, 3.05) is 13.1 Å². The zero-order valence-corrected chi connectivity index (χ0v) is 13.2. The summed E-state index contributed by atoms with van der Waals surface area (Å²) < 4.78 is 26.6. The minimum atomic E-state index is -3.61. The van der Waals surface area contributed by atoms with E-state index in [1.165, 1.54) is 16.4 Å². The topological polar surface area (TPSA) is 74.7 Å². The molecule has 1 aromatic carbocycles. The van der Waals surface area contributed by atoms with E-state index in [9.17, 15) is 18.3 Å². The molecule has 1 fully saturated rings. The predicted molar refractivity (Wildman–Crippen MR) is 79.7 cm³/mol. The second kappa shape index (κ2) is 5.87.